The van der Waals surface area contributed by atoms with Crippen LogP contribution in [0.1, 0.15) is 24.4 Å². The van der Waals surface area contributed by atoms with Gasteiger partial charge in [-0.05, 0) is 24.1 Å². The lowest BCUT2D eigenvalue weighted by Crippen LogP contribution is -2.33. The van der Waals surface area contributed by atoms with E-state index >= 15 is 0 Å². The Hall–Kier alpha value is -1.36. The molecule has 3 rings (SSSR count). The first-order valence-corrected chi connectivity index (χ1v) is 7.63. The van der Waals surface area contributed by atoms with Crippen LogP contribution in [0.5, 0.6) is 5.75 Å². The van der Waals surface area contributed by atoms with Crippen molar-refractivity contribution in [2.45, 2.75) is 25.2 Å². The average Bonchev–Trinajstić information content (AvgIpc) is 3.07. The van der Waals surface area contributed by atoms with Crippen molar-refractivity contribution in [2.75, 3.05) is 33.4 Å². The number of ether oxygens (including phenoxy) is 3. The molecule has 0 spiro atoms. The highest BCUT2D eigenvalue weighted by atomic mass is 16.7. The summed E-state index contributed by atoms with van der Waals surface area (Å²) >= 11 is 0. The Kier molecular flexibility index (Phi) is 4.91. The second-order valence-corrected chi connectivity index (χ2v) is 5.45. The molecule has 0 radical (unpaired) electrons. The third kappa shape index (κ3) is 3.64. The SMILES string of the molecule is COc1ccc(C2CC=CCN2CCC2OCCO2)cc1. The lowest BCUT2D eigenvalue weighted by atomic mass is 9.98. The van der Waals surface area contributed by atoms with Gasteiger partial charge in [-0.25, -0.2) is 0 Å². The minimum absolute atomic E-state index is 0.0209. The average molecular weight is 289 g/mol. The van der Waals surface area contributed by atoms with E-state index < -0.39 is 0 Å². The van der Waals surface area contributed by atoms with Crippen LogP contribution in [-0.4, -0.2) is 44.6 Å². The lowest BCUT2D eigenvalue weighted by Gasteiger charge is -2.33. The molecule has 1 atom stereocenters. The normalized spacial score (nSPS) is 23.6. The molecule has 21 heavy (non-hydrogen) atoms. The number of benzene rings is 1. The highest BCUT2D eigenvalue weighted by molar-refractivity contribution is 5.30. The van der Waals surface area contributed by atoms with E-state index in [0.29, 0.717) is 6.04 Å². The Morgan fingerprint density at radius 2 is 1.90 bits per heavy atom. The molecule has 1 fully saturated rings. The van der Waals surface area contributed by atoms with Gasteiger partial charge < -0.3 is 14.2 Å². The number of hydrogen-bond acceptors (Lipinski definition) is 4. The number of nitrogens with zero attached hydrogens (tertiary/aromatic N) is 1. The highest BCUT2D eigenvalue weighted by Crippen LogP contribution is 2.29. The monoisotopic (exact) mass is 289 g/mol. The maximum atomic E-state index is 5.53. The molecule has 4 nitrogen and oxygen atoms in total. The topological polar surface area (TPSA) is 30.9 Å². The Balaban J connectivity index is 1.64. The van der Waals surface area contributed by atoms with E-state index in [1.807, 2.05) is 12.1 Å². The standard InChI is InChI=1S/C17H23NO3/c1-19-15-7-5-14(6-8-15)16-4-2-3-10-18(16)11-9-17-20-12-13-21-17/h2-3,5-8,16-17H,4,9-13H2,1H3. The van der Waals surface area contributed by atoms with Gasteiger partial charge in [0.2, 0.25) is 0 Å². The van der Waals surface area contributed by atoms with Crippen molar-refractivity contribution >= 4 is 0 Å². The zero-order valence-electron chi connectivity index (χ0n) is 12.5. The highest BCUT2D eigenvalue weighted by Gasteiger charge is 2.23. The summed E-state index contributed by atoms with van der Waals surface area (Å²) in [5.74, 6) is 0.907. The molecular formula is C17H23NO3. The van der Waals surface area contributed by atoms with Gasteiger partial charge in [0.25, 0.3) is 0 Å². The molecule has 0 bridgehead atoms. The van der Waals surface area contributed by atoms with Crippen LogP contribution >= 0.6 is 0 Å². The first-order chi connectivity index (χ1) is 10.4. The maximum absolute atomic E-state index is 5.53. The summed E-state index contributed by atoms with van der Waals surface area (Å²) in [4.78, 5) is 2.49. The molecule has 1 unspecified atom stereocenters. The van der Waals surface area contributed by atoms with Gasteiger partial charge in [-0.1, -0.05) is 24.3 Å². The van der Waals surface area contributed by atoms with Gasteiger partial charge in [-0.3, -0.25) is 4.90 Å². The zero-order valence-corrected chi connectivity index (χ0v) is 12.5. The van der Waals surface area contributed by atoms with E-state index in [4.69, 9.17) is 14.2 Å². The molecule has 1 aromatic rings. The van der Waals surface area contributed by atoms with Crippen molar-refractivity contribution in [3.8, 4) is 5.75 Å². The molecule has 0 aromatic heterocycles. The number of rotatable bonds is 5. The summed E-state index contributed by atoms with van der Waals surface area (Å²) in [5, 5.41) is 0. The maximum Gasteiger partial charge on any atom is 0.159 e. The molecule has 2 heterocycles. The van der Waals surface area contributed by atoms with Gasteiger partial charge in [0.1, 0.15) is 5.75 Å². The predicted molar refractivity (Wildman–Crippen MR) is 81.4 cm³/mol. The van der Waals surface area contributed by atoms with Crippen molar-refractivity contribution < 1.29 is 14.2 Å². The quantitative estimate of drug-likeness (QED) is 0.780. The van der Waals surface area contributed by atoms with E-state index in [2.05, 4.69) is 29.2 Å². The fourth-order valence-corrected chi connectivity index (χ4v) is 2.98. The minimum Gasteiger partial charge on any atom is -0.497 e. The van der Waals surface area contributed by atoms with Crippen LogP contribution in [0.25, 0.3) is 0 Å². The Labute approximate surface area is 126 Å². The van der Waals surface area contributed by atoms with E-state index in [0.717, 1.165) is 44.9 Å². The largest absolute Gasteiger partial charge is 0.497 e. The minimum atomic E-state index is -0.0209. The summed E-state index contributed by atoms with van der Waals surface area (Å²) in [7, 11) is 1.70. The summed E-state index contributed by atoms with van der Waals surface area (Å²) in [6.45, 7) is 3.44. The van der Waals surface area contributed by atoms with Crippen LogP contribution in [-0.2, 0) is 9.47 Å². The van der Waals surface area contributed by atoms with Crippen molar-refractivity contribution in [3.63, 3.8) is 0 Å². The lowest BCUT2D eigenvalue weighted by molar-refractivity contribution is -0.0531. The van der Waals surface area contributed by atoms with Crippen LogP contribution in [0, 0.1) is 0 Å². The second kappa shape index (κ2) is 7.07. The van der Waals surface area contributed by atoms with Crippen molar-refractivity contribution in [3.05, 3.63) is 42.0 Å². The first-order valence-electron chi connectivity index (χ1n) is 7.63. The summed E-state index contributed by atoms with van der Waals surface area (Å²) in [6, 6.07) is 8.84. The van der Waals surface area contributed by atoms with Gasteiger partial charge in [0.05, 0.1) is 20.3 Å². The number of methoxy groups -OCH3 is 1. The summed E-state index contributed by atoms with van der Waals surface area (Å²) < 4.78 is 16.3. The smallest absolute Gasteiger partial charge is 0.159 e. The van der Waals surface area contributed by atoms with Gasteiger partial charge >= 0.3 is 0 Å². The van der Waals surface area contributed by atoms with Crippen LogP contribution in [0.2, 0.25) is 0 Å². The predicted octanol–water partition coefficient (Wildman–Crippen LogP) is 2.76. The molecule has 0 aliphatic carbocycles. The van der Waals surface area contributed by atoms with Gasteiger partial charge in [0.15, 0.2) is 6.29 Å². The molecule has 2 aliphatic rings. The molecular weight excluding hydrogens is 266 g/mol. The van der Waals surface area contributed by atoms with Gasteiger partial charge in [-0.15, -0.1) is 0 Å². The fourth-order valence-electron chi connectivity index (χ4n) is 2.98. The first kappa shape index (κ1) is 14.6. The van der Waals surface area contributed by atoms with E-state index in [9.17, 15) is 0 Å². The second-order valence-electron chi connectivity index (χ2n) is 5.45. The van der Waals surface area contributed by atoms with Crippen LogP contribution in [0.4, 0.5) is 0 Å². The molecule has 0 saturated carbocycles. The molecule has 1 saturated heterocycles. The molecule has 4 heteroatoms. The third-order valence-electron chi connectivity index (χ3n) is 4.15. The Morgan fingerprint density at radius 3 is 2.62 bits per heavy atom. The van der Waals surface area contributed by atoms with Crippen LogP contribution < -0.4 is 4.74 Å². The van der Waals surface area contributed by atoms with Gasteiger partial charge in [0, 0.05) is 25.6 Å². The van der Waals surface area contributed by atoms with E-state index in [1.165, 1.54) is 5.56 Å². The fraction of sp³-hybridized carbons (Fsp3) is 0.529. The Bertz CT molecular complexity index is 465. The van der Waals surface area contributed by atoms with Gasteiger partial charge in [-0.2, -0.15) is 0 Å². The van der Waals surface area contributed by atoms with Crippen LogP contribution in [0.3, 0.4) is 0 Å². The number of hydrogen-bond donors (Lipinski definition) is 0. The van der Waals surface area contributed by atoms with Crippen molar-refractivity contribution in [1.82, 2.24) is 4.90 Å². The molecule has 0 amide bonds. The molecule has 1 aromatic carbocycles. The summed E-state index contributed by atoms with van der Waals surface area (Å²) in [6.07, 6.45) is 6.48. The van der Waals surface area contributed by atoms with Crippen molar-refractivity contribution in [2.24, 2.45) is 0 Å². The third-order valence-corrected chi connectivity index (χ3v) is 4.15. The van der Waals surface area contributed by atoms with Crippen molar-refractivity contribution in [1.29, 1.82) is 0 Å². The van der Waals surface area contributed by atoms with Crippen LogP contribution in [0.15, 0.2) is 36.4 Å². The molecule has 114 valence electrons. The zero-order chi connectivity index (χ0) is 14.5. The molecule has 0 N–H and O–H groups in total. The molecule has 2 aliphatic heterocycles. The summed E-state index contributed by atoms with van der Waals surface area (Å²) in [5.41, 5.74) is 1.34. The Morgan fingerprint density at radius 1 is 1.14 bits per heavy atom. The van der Waals surface area contributed by atoms with E-state index in [1.54, 1.807) is 7.11 Å². The van der Waals surface area contributed by atoms with E-state index in [-0.39, 0.29) is 6.29 Å².